The fourth-order valence-corrected chi connectivity index (χ4v) is 22.5. The summed E-state index contributed by atoms with van der Waals surface area (Å²) in [7, 11) is -4.93. The van der Waals surface area contributed by atoms with Gasteiger partial charge in [-0.2, -0.15) is 15.0 Å². The minimum absolute atomic E-state index is 0.0119. The number of hydrogen-bond acceptors (Lipinski definition) is 30. The zero-order valence-corrected chi connectivity index (χ0v) is 75.6. The molecule has 0 radical (unpaired) electrons. The number of thiazole rings is 2. The molecule has 4 atom stereocenters. The number of aromatic nitrogens is 12. The maximum absolute atomic E-state index is 14.3. The Kier molecular flexibility index (Phi) is 27.3. The molecule has 37 heteroatoms. The van der Waals surface area contributed by atoms with Crippen LogP contribution in [0.25, 0.3) is 55.5 Å². The van der Waals surface area contributed by atoms with Crippen molar-refractivity contribution in [3.05, 3.63) is 244 Å². The van der Waals surface area contributed by atoms with E-state index in [0.29, 0.717) is 84.3 Å². The first kappa shape index (κ1) is 88.4. The predicted octanol–water partition coefficient (Wildman–Crippen LogP) is 12.3. The number of benzene rings is 4. The zero-order valence-electron chi connectivity index (χ0n) is 71.5. The van der Waals surface area contributed by atoms with Gasteiger partial charge in [0.1, 0.15) is 34.6 Å². The summed E-state index contributed by atoms with van der Waals surface area (Å²) in [5.41, 5.74) is 12.8. The normalized spacial score (nSPS) is 17.3. The molecule has 666 valence electrons. The number of pyridine rings is 3. The van der Waals surface area contributed by atoms with Gasteiger partial charge in [0.15, 0.2) is 14.9 Å². The number of fused-ring (bicyclic) bond motifs is 3. The van der Waals surface area contributed by atoms with Crippen LogP contribution in [0.5, 0.6) is 5.75 Å². The molecule has 128 heavy (non-hydrogen) atoms. The summed E-state index contributed by atoms with van der Waals surface area (Å²) in [5, 5.41) is 21.9. The third-order valence-electron chi connectivity index (χ3n) is 23.6. The highest BCUT2D eigenvalue weighted by Gasteiger charge is 2.31. The van der Waals surface area contributed by atoms with Crippen LogP contribution in [0.15, 0.2) is 204 Å². The van der Waals surface area contributed by atoms with Crippen molar-refractivity contribution in [2.75, 3.05) is 119 Å². The molecule has 10 aromatic heterocycles. The maximum Gasteiger partial charge on any atom is 0.262 e. The number of aryl methyl sites for hydroxylation is 2. The molecule has 14 aromatic rings. The van der Waals surface area contributed by atoms with Crippen molar-refractivity contribution in [2.45, 2.75) is 118 Å². The highest BCUT2D eigenvalue weighted by Crippen LogP contribution is 2.36. The first-order valence-corrected chi connectivity index (χ1v) is 49.2. The fourth-order valence-electron chi connectivity index (χ4n) is 16.9. The van der Waals surface area contributed by atoms with Gasteiger partial charge in [0, 0.05) is 150 Å². The van der Waals surface area contributed by atoms with E-state index in [2.05, 4.69) is 85.8 Å². The second-order valence-electron chi connectivity index (χ2n) is 32.3. The standard InChI is InChI=1S/C33H40N6O4S.C29H31N7O5S2.C29H29N7O3S2/c1-38-15-5-4-8-27(38)26-18-23-19-35-33(36-24-11-9-22(10-12-24)28-20-34-14-17-43-28)37-31(23)39(32(26)40)21-29-30(13-16-42-29)44(41)25-6-2-3-7-25;1-19-26(32-18-42-19)25-14-20-15-31-29(33-21-5-7-23(8-6-21)41-24-9-10-30-16-24)34-27(20)35(28(25)37)17-22-4-3-11-36(22)43(38,39)13-12-40-2;1-19-5-3-4-6-23(19)24-15-20-16-31-29(33-21-7-9-22(10-8-21)35-13-11-30-12-14-35)34-26(20)36(28(24)37)17-25-27(32-18-40-25)41(2,38)39/h9-13,16,18-19,25,27-28,34H,2-8,14-15,17,20-21H2,1H3,(H,35,36,37);3-8,11,14-15,18,24,30H,9-10,12-13,16-17H2,1-2H3,(H,31,33,34);3-10,15-16,18,30H,11-14,17H2,1-2H3,(H,31,33,34). The van der Waals surface area contributed by atoms with Crippen molar-refractivity contribution in [2.24, 2.45) is 0 Å². The van der Waals surface area contributed by atoms with E-state index in [-0.39, 0.29) is 83.1 Å². The van der Waals surface area contributed by atoms with Gasteiger partial charge < -0.3 is 55.4 Å². The maximum atomic E-state index is 14.3. The average molecular weight is 1830 g/mol. The van der Waals surface area contributed by atoms with Crippen molar-refractivity contribution in [1.29, 1.82) is 0 Å². The van der Waals surface area contributed by atoms with Gasteiger partial charge in [0.25, 0.3) is 16.7 Å². The molecule has 5 aliphatic rings. The second kappa shape index (κ2) is 39.5. The van der Waals surface area contributed by atoms with Crippen LogP contribution < -0.4 is 58.2 Å². The SMILES string of the molecule is CN1CCCCC1c1cc2cnc(Nc3ccc(C4CNCCO4)cc3)nc2n(Cc2occc2S(=O)C2CCCC2)c1=O.COCCS(=O)(=O)n1cccc1Cn1c(=O)c(-c2ncsc2C)cc2cnc(Nc3ccc(OC4CCNC4)cc3)nc21.Cc1ccccc1-c1cc2cnc(Nc3ccc(N4CCNCC4)cc3)nc2n(Cc2scnc2S(C)(=O)=O)c1=O. The van der Waals surface area contributed by atoms with Crippen LogP contribution in [0.2, 0.25) is 0 Å². The Morgan fingerprint density at radius 2 is 1.22 bits per heavy atom. The molecule has 0 bridgehead atoms. The van der Waals surface area contributed by atoms with E-state index >= 15 is 0 Å². The number of anilines is 7. The largest absolute Gasteiger partial charge is 0.489 e. The Morgan fingerprint density at radius 1 is 0.602 bits per heavy atom. The summed E-state index contributed by atoms with van der Waals surface area (Å²) in [4.78, 5) is 85.3. The number of nitrogens with zero attached hydrogens (tertiary/aromatic N) is 14. The topological polar surface area (TPSA) is 379 Å². The first-order valence-electron chi connectivity index (χ1n) is 42.8. The minimum atomic E-state index is -3.71. The van der Waals surface area contributed by atoms with Crippen LogP contribution in [0, 0.1) is 13.8 Å². The molecular weight excluding hydrogens is 1730 g/mol. The van der Waals surface area contributed by atoms with Gasteiger partial charge in [-0.15, -0.1) is 22.7 Å². The van der Waals surface area contributed by atoms with Crippen LogP contribution >= 0.6 is 22.7 Å². The van der Waals surface area contributed by atoms with Crippen molar-refractivity contribution in [3.63, 3.8) is 0 Å². The number of piperazine rings is 1. The number of nitrogens with one attached hydrogen (secondary N) is 6. The third kappa shape index (κ3) is 20.1. The smallest absolute Gasteiger partial charge is 0.262 e. The lowest BCUT2D eigenvalue weighted by molar-refractivity contribution is 0.0277. The van der Waals surface area contributed by atoms with Gasteiger partial charge in [0.2, 0.25) is 27.9 Å². The number of morpholine rings is 1. The number of piperidine rings is 1. The van der Waals surface area contributed by atoms with Gasteiger partial charge in [-0.3, -0.25) is 37.2 Å². The summed E-state index contributed by atoms with van der Waals surface area (Å²) < 4.78 is 93.0. The molecule has 4 saturated heterocycles. The van der Waals surface area contributed by atoms with Crippen LogP contribution in [0.4, 0.5) is 40.6 Å². The van der Waals surface area contributed by atoms with Crippen LogP contribution in [0.3, 0.4) is 0 Å². The lowest BCUT2D eigenvalue weighted by atomic mass is 9.96. The average Bonchev–Trinajstić information content (AvgIpc) is 1.39. The molecular formula is C91H100N20O12S5. The van der Waals surface area contributed by atoms with E-state index in [1.54, 1.807) is 65.3 Å². The van der Waals surface area contributed by atoms with Crippen LogP contribution in [0.1, 0.15) is 101 Å². The molecule has 6 N–H and O–H groups in total. The molecule has 4 aliphatic heterocycles. The lowest BCUT2D eigenvalue weighted by Gasteiger charge is -2.32. The van der Waals surface area contributed by atoms with E-state index in [9.17, 15) is 35.4 Å². The van der Waals surface area contributed by atoms with Gasteiger partial charge in [-0.25, -0.2) is 45.7 Å². The summed E-state index contributed by atoms with van der Waals surface area (Å²) in [6, 6.07) is 42.0. The number of sulfone groups is 1. The quantitative estimate of drug-likeness (QED) is 0.0293. The Labute approximate surface area is 750 Å². The van der Waals surface area contributed by atoms with Crippen molar-refractivity contribution in [3.8, 4) is 28.1 Å². The van der Waals surface area contributed by atoms with Gasteiger partial charge in [-0.05, 0) is 180 Å². The minimum Gasteiger partial charge on any atom is -0.489 e. The van der Waals surface area contributed by atoms with Crippen molar-refractivity contribution >= 4 is 127 Å². The molecule has 0 amide bonds. The molecule has 5 fully saturated rings. The van der Waals surface area contributed by atoms with E-state index in [1.807, 2.05) is 105 Å². The lowest BCUT2D eigenvalue weighted by Crippen LogP contribution is -2.43. The summed E-state index contributed by atoms with van der Waals surface area (Å²) in [6.45, 7) is 13.0. The summed E-state index contributed by atoms with van der Waals surface area (Å²) >= 11 is 2.64. The van der Waals surface area contributed by atoms with Crippen molar-refractivity contribution in [1.82, 2.24) is 78.4 Å². The number of rotatable bonds is 26. The van der Waals surface area contributed by atoms with E-state index < -0.39 is 30.7 Å². The Balaban J connectivity index is 0.000000135. The second-order valence-corrected chi connectivity index (χ2v) is 39.9. The Hall–Kier alpha value is -11.6. The fraction of sp³-hybridized carbons (Fsp3) is 0.352. The zero-order chi connectivity index (χ0) is 88.6. The molecule has 19 rings (SSSR count). The van der Waals surface area contributed by atoms with Crippen molar-refractivity contribution < 1.29 is 39.7 Å². The molecule has 0 spiro atoms. The Morgan fingerprint density at radius 3 is 1.84 bits per heavy atom. The molecule has 4 aromatic carbocycles. The predicted molar refractivity (Wildman–Crippen MR) is 500 cm³/mol. The molecule has 4 unspecified atom stereocenters. The van der Waals surface area contributed by atoms with Crippen LogP contribution in [-0.4, -0.2) is 193 Å². The summed E-state index contributed by atoms with van der Waals surface area (Å²) in [6.07, 6.45) is 17.7. The van der Waals surface area contributed by atoms with Gasteiger partial charge in [0.05, 0.1) is 99.5 Å². The number of methoxy groups -OCH3 is 1. The van der Waals surface area contributed by atoms with Gasteiger partial charge in [-0.1, -0.05) is 55.7 Å². The van der Waals surface area contributed by atoms with Gasteiger partial charge >= 0.3 is 0 Å². The number of likely N-dealkylation sites (tertiary alicyclic amines) is 1. The molecule has 1 saturated carbocycles. The highest BCUT2D eigenvalue weighted by molar-refractivity contribution is 7.90. The first-order chi connectivity index (χ1) is 62.1. The van der Waals surface area contributed by atoms with E-state index in [4.69, 9.17) is 33.6 Å². The number of hydrogen-bond donors (Lipinski definition) is 6. The number of furan rings is 1. The van der Waals surface area contributed by atoms with E-state index in [0.717, 1.165) is 178 Å². The summed E-state index contributed by atoms with van der Waals surface area (Å²) in [5.74, 6) is 2.14. The molecule has 32 nitrogen and oxygen atoms in total. The van der Waals surface area contributed by atoms with Crippen LogP contribution in [-0.2, 0) is 59.8 Å². The third-order valence-corrected chi connectivity index (χ3v) is 29.9. The molecule has 1 aliphatic carbocycles. The molecule has 14 heterocycles. The number of ether oxygens (including phenoxy) is 3. The van der Waals surface area contributed by atoms with E-state index in [1.165, 1.54) is 54.6 Å². The highest BCUT2D eigenvalue weighted by atomic mass is 32.2. The monoisotopic (exact) mass is 1820 g/mol. The Bertz CT molecular complexity index is 6780.